The van der Waals surface area contributed by atoms with Crippen LogP contribution in [-0.2, 0) is 4.84 Å². The molecule has 0 aliphatic carbocycles. The third kappa shape index (κ3) is 1.96. The average molecular weight is 171 g/mol. The molecular weight excluding hydrogens is 162 g/mol. The number of hydrogen-bond acceptors (Lipinski definition) is 4. The Morgan fingerprint density at radius 3 is 3.08 bits per heavy atom. The van der Waals surface area contributed by atoms with Crippen molar-refractivity contribution in [3.05, 3.63) is 12.3 Å². The van der Waals surface area contributed by atoms with Crippen LogP contribution in [0.4, 0.5) is 10.6 Å². The van der Waals surface area contributed by atoms with Crippen molar-refractivity contribution in [3.63, 3.8) is 0 Å². The van der Waals surface area contributed by atoms with E-state index in [0.717, 1.165) is 5.06 Å². The molecule has 0 aliphatic rings. The molecule has 0 atom stereocenters. The second-order valence-corrected chi connectivity index (χ2v) is 1.99. The molecule has 6 heteroatoms. The van der Waals surface area contributed by atoms with Crippen molar-refractivity contribution in [1.82, 2.24) is 10.2 Å². The highest BCUT2D eigenvalue weighted by Crippen LogP contribution is 2.01. The van der Waals surface area contributed by atoms with E-state index in [-0.39, 0.29) is 0 Å². The molecule has 12 heavy (non-hydrogen) atoms. The Morgan fingerprint density at radius 2 is 2.58 bits per heavy atom. The monoisotopic (exact) mass is 171 g/mol. The Kier molecular flexibility index (Phi) is 2.65. The molecule has 0 radical (unpaired) electrons. The normalized spacial score (nSPS) is 9.50. The molecule has 2 amide bonds. The van der Waals surface area contributed by atoms with Crippen LogP contribution in [0.5, 0.6) is 0 Å². The lowest BCUT2D eigenvalue weighted by Gasteiger charge is -2.12. The smallest absolute Gasteiger partial charge is 0.346 e. The molecule has 1 aromatic heterocycles. The second kappa shape index (κ2) is 3.72. The van der Waals surface area contributed by atoms with Crippen molar-refractivity contribution in [3.8, 4) is 0 Å². The van der Waals surface area contributed by atoms with Gasteiger partial charge in [-0.05, 0) is 0 Å². The van der Waals surface area contributed by atoms with E-state index in [1.165, 1.54) is 26.5 Å². The summed E-state index contributed by atoms with van der Waals surface area (Å²) in [6.45, 7) is 0. The number of nitrogens with one attached hydrogen (secondary N) is 1. The molecule has 0 aliphatic heterocycles. The first kappa shape index (κ1) is 8.54. The molecule has 0 fully saturated rings. The van der Waals surface area contributed by atoms with Gasteiger partial charge in [-0.25, -0.2) is 9.86 Å². The van der Waals surface area contributed by atoms with E-state index in [2.05, 4.69) is 19.8 Å². The number of carbonyl (C=O) groups is 1. The minimum absolute atomic E-state index is 0.351. The first-order valence-corrected chi connectivity index (χ1v) is 3.23. The summed E-state index contributed by atoms with van der Waals surface area (Å²) in [6.07, 6.45) is 1.36. The van der Waals surface area contributed by atoms with Crippen molar-refractivity contribution in [2.75, 3.05) is 19.5 Å². The molecule has 6 nitrogen and oxygen atoms in total. The largest absolute Gasteiger partial charge is 0.363 e. The quantitative estimate of drug-likeness (QED) is 0.665. The summed E-state index contributed by atoms with van der Waals surface area (Å²) in [7, 11) is 2.87. The zero-order valence-electron chi connectivity index (χ0n) is 6.77. The molecule has 1 rings (SSSR count). The number of aromatic nitrogens is 1. The van der Waals surface area contributed by atoms with E-state index in [1.807, 2.05) is 0 Å². The van der Waals surface area contributed by atoms with Crippen molar-refractivity contribution < 1.29 is 14.2 Å². The molecule has 1 heterocycles. The molecule has 1 N–H and O–H groups in total. The van der Waals surface area contributed by atoms with Crippen molar-refractivity contribution >= 4 is 11.8 Å². The van der Waals surface area contributed by atoms with Gasteiger partial charge in [-0.15, -0.1) is 0 Å². The SMILES string of the molecule is CON(C)C(=O)Nc1ccon1. The number of urea groups is 1. The average Bonchev–Trinajstić information content (AvgIpc) is 2.55. The molecule has 0 saturated carbocycles. The highest BCUT2D eigenvalue weighted by atomic mass is 16.7. The van der Waals surface area contributed by atoms with Crippen LogP contribution in [0.25, 0.3) is 0 Å². The van der Waals surface area contributed by atoms with Gasteiger partial charge in [-0.3, -0.25) is 10.2 Å². The van der Waals surface area contributed by atoms with E-state index >= 15 is 0 Å². The van der Waals surface area contributed by atoms with Gasteiger partial charge in [0.15, 0.2) is 5.82 Å². The van der Waals surface area contributed by atoms with Crippen LogP contribution in [0.1, 0.15) is 0 Å². The van der Waals surface area contributed by atoms with Crippen molar-refractivity contribution in [2.24, 2.45) is 0 Å². The summed E-state index contributed by atoms with van der Waals surface area (Å²) in [5, 5.41) is 6.95. The fourth-order valence-electron chi connectivity index (χ4n) is 0.548. The maximum absolute atomic E-state index is 11.0. The van der Waals surface area contributed by atoms with Crippen LogP contribution in [0.3, 0.4) is 0 Å². The first-order valence-electron chi connectivity index (χ1n) is 3.23. The van der Waals surface area contributed by atoms with E-state index in [4.69, 9.17) is 0 Å². The van der Waals surface area contributed by atoms with Crippen molar-refractivity contribution in [2.45, 2.75) is 0 Å². The topological polar surface area (TPSA) is 67.6 Å². The maximum atomic E-state index is 11.0. The summed E-state index contributed by atoms with van der Waals surface area (Å²) in [4.78, 5) is 15.7. The lowest BCUT2D eigenvalue weighted by atomic mass is 10.6. The number of hydrogen-bond donors (Lipinski definition) is 1. The Balaban J connectivity index is 2.47. The summed E-state index contributed by atoms with van der Waals surface area (Å²) < 4.78 is 4.50. The first-order chi connectivity index (χ1) is 5.74. The van der Waals surface area contributed by atoms with Gasteiger partial charge in [0.25, 0.3) is 0 Å². The maximum Gasteiger partial charge on any atom is 0.346 e. The third-order valence-electron chi connectivity index (χ3n) is 1.23. The van der Waals surface area contributed by atoms with Gasteiger partial charge in [0.1, 0.15) is 6.26 Å². The second-order valence-electron chi connectivity index (χ2n) is 1.99. The summed E-state index contributed by atoms with van der Waals surface area (Å²) >= 11 is 0. The fraction of sp³-hybridized carbons (Fsp3) is 0.333. The Hall–Kier alpha value is -1.56. The van der Waals surface area contributed by atoms with Gasteiger partial charge < -0.3 is 4.52 Å². The highest BCUT2D eigenvalue weighted by molar-refractivity contribution is 5.87. The zero-order chi connectivity index (χ0) is 8.97. The van der Waals surface area contributed by atoms with Gasteiger partial charge in [-0.1, -0.05) is 5.16 Å². The summed E-state index contributed by atoms with van der Waals surface area (Å²) in [5.74, 6) is 0.351. The van der Waals surface area contributed by atoms with Crippen LogP contribution in [0.2, 0.25) is 0 Å². The van der Waals surface area contributed by atoms with E-state index in [9.17, 15) is 4.79 Å². The molecule has 0 saturated heterocycles. The number of rotatable bonds is 2. The molecular formula is C6H9N3O3. The fourth-order valence-corrected chi connectivity index (χ4v) is 0.548. The third-order valence-corrected chi connectivity index (χ3v) is 1.23. The Bertz CT molecular complexity index is 247. The number of amides is 2. The molecule has 0 spiro atoms. The van der Waals surface area contributed by atoms with Gasteiger partial charge in [0.2, 0.25) is 0 Å². The lowest BCUT2D eigenvalue weighted by Crippen LogP contribution is -2.30. The van der Waals surface area contributed by atoms with Gasteiger partial charge >= 0.3 is 6.03 Å². The van der Waals surface area contributed by atoms with E-state index < -0.39 is 6.03 Å². The number of anilines is 1. The number of hydroxylamine groups is 2. The van der Waals surface area contributed by atoms with E-state index in [0.29, 0.717) is 5.82 Å². The summed E-state index contributed by atoms with van der Waals surface area (Å²) in [5.41, 5.74) is 0. The highest BCUT2D eigenvalue weighted by Gasteiger charge is 2.08. The molecule has 0 bridgehead atoms. The minimum Gasteiger partial charge on any atom is -0.363 e. The predicted octanol–water partition coefficient (Wildman–Crippen LogP) is 0.700. The lowest BCUT2D eigenvalue weighted by molar-refractivity contribution is -0.0598. The van der Waals surface area contributed by atoms with Crippen LogP contribution in [-0.4, -0.2) is 30.4 Å². The Labute approximate surface area is 69.0 Å². The van der Waals surface area contributed by atoms with Gasteiger partial charge in [0.05, 0.1) is 7.11 Å². The molecule has 0 unspecified atom stereocenters. The summed E-state index contributed by atoms with van der Waals surface area (Å²) in [6, 6.07) is 1.12. The van der Waals surface area contributed by atoms with Crippen LogP contribution in [0, 0.1) is 0 Å². The number of carbonyl (C=O) groups excluding carboxylic acids is 1. The molecule has 66 valence electrons. The van der Waals surface area contributed by atoms with Gasteiger partial charge in [0, 0.05) is 13.1 Å². The van der Waals surface area contributed by atoms with Crippen LogP contribution < -0.4 is 5.32 Å². The predicted molar refractivity (Wildman–Crippen MR) is 40.3 cm³/mol. The molecule has 0 aromatic carbocycles. The van der Waals surface area contributed by atoms with Crippen LogP contribution >= 0.6 is 0 Å². The standard InChI is InChI=1S/C6H9N3O3/c1-9(11-2)6(10)7-5-3-4-12-8-5/h3-4H,1-2H3,(H,7,8,10). The van der Waals surface area contributed by atoms with Crippen molar-refractivity contribution in [1.29, 1.82) is 0 Å². The van der Waals surface area contributed by atoms with Gasteiger partial charge in [-0.2, -0.15) is 0 Å². The Morgan fingerprint density at radius 1 is 1.83 bits per heavy atom. The molecule has 1 aromatic rings. The van der Waals surface area contributed by atoms with Crippen LogP contribution in [0.15, 0.2) is 16.9 Å². The minimum atomic E-state index is -0.411. The zero-order valence-corrected chi connectivity index (χ0v) is 6.77. The van der Waals surface area contributed by atoms with E-state index in [1.54, 1.807) is 0 Å². The number of nitrogens with zero attached hydrogens (tertiary/aromatic N) is 2.